The maximum Gasteiger partial charge on any atom is 0.417 e. The maximum atomic E-state index is 12.8. The van der Waals surface area contributed by atoms with Crippen LogP contribution in [0.2, 0.25) is 5.02 Å². The van der Waals surface area contributed by atoms with E-state index in [2.05, 4.69) is 20.3 Å². The number of aromatic nitrogens is 3. The van der Waals surface area contributed by atoms with E-state index in [1.54, 1.807) is 0 Å². The number of nitrogens with one attached hydrogen (secondary N) is 1. The molecule has 0 saturated carbocycles. The maximum absolute atomic E-state index is 12.8. The van der Waals surface area contributed by atoms with Crippen LogP contribution in [-0.2, 0) is 6.18 Å². The van der Waals surface area contributed by atoms with Gasteiger partial charge in [-0.1, -0.05) is 11.6 Å². The van der Waals surface area contributed by atoms with Crippen LogP contribution >= 0.6 is 11.6 Å². The van der Waals surface area contributed by atoms with Gasteiger partial charge in [0.1, 0.15) is 22.4 Å². The van der Waals surface area contributed by atoms with E-state index in [0.29, 0.717) is 19.2 Å². The summed E-state index contributed by atoms with van der Waals surface area (Å²) in [7, 11) is 0. The third-order valence-electron chi connectivity index (χ3n) is 3.12. The molecule has 0 bridgehead atoms. The van der Waals surface area contributed by atoms with Crippen molar-refractivity contribution in [3.8, 4) is 5.88 Å². The fourth-order valence-electron chi connectivity index (χ4n) is 1.93. The van der Waals surface area contributed by atoms with Crippen molar-refractivity contribution in [2.75, 3.05) is 18.5 Å². The second-order valence-corrected chi connectivity index (χ2v) is 5.51. The summed E-state index contributed by atoms with van der Waals surface area (Å²) < 4.78 is 68.1. The summed E-state index contributed by atoms with van der Waals surface area (Å²) in [6.45, 7) is 1.90. The third kappa shape index (κ3) is 5.38. The Labute approximate surface area is 150 Å². The number of pyridine rings is 1. The van der Waals surface area contributed by atoms with Gasteiger partial charge >= 0.3 is 6.18 Å². The zero-order valence-corrected chi connectivity index (χ0v) is 14.2. The molecule has 142 valence electrons. The van der Waals surface area contributed by atoms with E-state index >= 15 is 0 Å². The van der Waals surface area contributed by atoms with Crippen LogP contribution in [0.5, 0.6) is 5.88 Å². The lowest BCUT2D eigenvalue weighted by molar-refractivity contribution is -0.137. The van der Waals surface area contributed by atoms with Crippen LogP contribution in [0.4, 0.5) is 27.8 Å². The number of hydrogen-bond donors (Lipinski definition) is 1. The predicted octanol–water partition coefficient (Wildman–Crippen LogP) is 4.67. The quantitative estimate of drug-likeness (QED) is 0.544. The minimum Gasteiger partial charge on any atom is -0.478 e. The van der Waals surface area contributed by atoms with E-state index < -0.39 is 23.9 Å². The standard InChI is InChI=1S/C15H14ClF5N4O/c1-8-24-12(13(17)18)11(16)14(25-8)22-5-2-6-26-10-4-3-9(7-23-10)15(19,20)21/h3-4,7,13H,2,5-6H2,1H3,(H,22,24,25). The van der Waals surface area contributed by atoms with Crippen molar-refractivity contribution < 1.29 is 26.7 Å². The van der Waals surface area contributed by atoms with Crippen molar-refractivity contribution in [2.24, 2.45) is 0 Å². The number of aryl methyl sites for hydroxylation is 1. The molecule has 0 atom stereocenters. The Bertz CT molecular complexity index is 740. The van der Waals surface area contributed by atoms with Gasteiger partial charge in [-0.3, -0.25) is 0 Å². The van der Waals surface area contributed by atoms with Crippen molar-refractivity contribution >= 4 is 17.4 Å². The van der Waals surface area contributed by atoms with Gasteiger partial charge in [-0.05, 0) is 19.4 Å². The number of rotatable bonds is 7. The average molecular weight is 397 g/mol. The first-order valence-electron chi connectivity index (χ1n) is 7.40. The molecule has 2 heterocycles. The number of ether oxygens (including phenoxy) is 1. The van der Waals surface area contributed by atoms with Gasteiger partial charge in [-0.25, -0.2) is 23.7 Å². The molecular weight excluding hydrogens is 383 g/mol. The van der Waals surface area contributed by atoms with E-state index in [1.165, 1.54) is 6.92 Å². The highest BCUT2D eigenvalue weighted by molar-refractivity contribution is 6.33. The second kappa shape index (κ2) is 8.43. The highest BCUT2D eigenvalue weighted by atomic mass is 35.5. The third-order valence-corrected chi connectivity index (χ3v) is 3.50. The zero-order chi connectivity index (χ0) is 19.3. The van der Waals surface area contributed by atoms with E-state index in [9.17, 15) is 22.0 Å². The van der Waals surface area contributed by atoms with Gasteiger partial charge in [0.15, 0.2) is 0 Å². The lowest BCUT2D eigenvalue weighted by Gasteiger charge is -2.11. The molecule has 11 heteroatoms. The van der Waals surface area contributed by atoms with Crippen LogP contribution < -0.4 is 10.1 Å². The van der Waals surface area contributed by atoms with Gasteiger partial charge in [0.25, 0.3) is 6.43 Å². The molecule has 5 nitrogen and oxygen atoms in total. The molecule has 2 rings (SSSR count). The van der Waals surface area contributed by atoms with Crippen molar-refractivity contribution in [2.45, 2.75) is 25.9 Å². The monoisotopic (exact) mass is 396 g/mol. The topological polar surface area (TPSA) is 59.9 Å². The molecule has 2 aromatic rings. The van der Waals surface area contributed by atoms with E-state index in [0.717, 1.165) is 12.1 Å². The Balaban J connectivity index is 1.83. The minimum absolute atomic E-state index is 0.0499. The number of anilines is 1. The highest BCUT2D eigenvalue weighted by Gasteiger charge is 2.30. The van der Waals surface area contributed by atoms with Gasteiger partial charge in [-0.2, -0.15) is 13.2 Å². The molecule has 0 spiro atoms. The van der Waals surface area contributed by atoms with Crippen molar-refractivity contribution in [1.82, 2.24) is 15.0 Å². The van der Waals surface area contributed by atoms with Gasteiger partial charge in [0, 0.05) is 18.8 Å². The molecule has 0 amide bonds. The molecular formula is C15H14ClF5N4O. The van der Waals surface area contributed by atoms with Gasteiger partial charge in [0.05, 0.1) is 12.2 Å². The Hall–Kier alpha value is -2.23. The highest BCUT2D eigenvalue weighted by Crippen LogP contribution is 2.30. The summed E-state index contributed by atoms with van der Waals surface area (Å²) >= 11 is 5.84. The molecule has 0 saturated heterocycles. The molecule has 0 aliphatic carbocycles. The number of nitrogens with zero attached hydrogens (tertiary/aromatic N) is 3. The molecule has 0 aliphatic heterocycles. The minimum atomic E-state index is -4.46. The second-order valence-electron chi connectivity index (χ2n) is 5.13. The normalized spacial score (nSPS) is 11.7. The van der Waals surface area contributed by atoms with Crippen LogP contribution in [0, 0.1) is 6.92 Å². The van der Waals surface area contributed by atoms with E-state index in [1.807, 2.05) is 0 Å². The Morgan fingerprint density at radius 1 is 1.23 bits per heavy atom. The largest absolute Gasteiger partial charge is 0.478 e. The number of halogens is 6. The predicted molar refractivity (Wildman–Crippen MR) is 84.6 cm³/mol. The van der Waals surface area contributed by atoms with Crippen molar-refractivity contribution in [3.05, 3.63) is 40.4 Å². The fourth-order valence-corrected chi connectivity index (χ4v) is 2.17. The first-order chi connectivity index (χ1) is 12.2. The summed E-state index contributed by atoms with van der Waals surface area (Å²) in [6, 6.07) is 1.99. The lowest BCUT2D eigenvalue weighted by atomic mass is 10.3. The van der Waals surface area contributed by atoms with Crippen molar-refractivity contribution in [3.63, 3.8) is 0 Å². The van der Waals surface area contributed by atoms with E-state index in [-0.39, 0.29) is 29.2 Å². The van der Waals surface area contributed by atoms with Gasteiger partial charge < -0.3 is 10.1 Å². The SMILES string of the molecule is Cc1nc(NCCCOc2ccc(C(F)(F)F)cn2)c(Cl)c(C(F)F)n1. The summed E-state index contributed by atoms with van der Waals surface area (Å²) in [4.78, 5) is 11.1. The number of hydrogen-bond acceptors (Lipinski definition) is 5. The molecule has 0 aromatic carbocycles. The molecule has 0 radical (unpaired) electrons. The summed E-state index contributed by atoms with van der Waals surface area (Å²) in [5.74, 6) is 0.286. The van der Waals surface area contributed by atoms with Crippen LogP contribution in [0.15, 0.2) is 18.3 Å². The van der Waals surface area contributed by atoms with Crippen LogP contribution in [0.1, 0.15) is 29.9 Å². The Kier molecular flexibility index (Phi) is 6.52. The van der Waals surface area contributed by atoms with Crippen LogP contribution in [0.25, 0.3) is 0 Å². The molecule has 0 fully saturated rings. The lowest BCUT2D eigenvalue weighted by Crippen LogP contribution is -2.11. The first kappa shape index (κ1) is 20.1. The molecule has 1 N–H and O–H groups in total. The number of alkyl halides is 5. The summed E-state index contributed by atoms with van der Waals surface area (Å²) in [6.07, 6.45) is -6.19. The molecule has 0 unspecified atom stereocenters. The van der Waals surface area contributed by atoms with Gasteiger partial charge in [-0.15, -0.1) is 0 Å². The van der Waals surface area contributed by atoms with Crippen molar-refractivity contribution in [1.29, 1.82) is 0 Å². The zero-order valence-electron chi connectivity index (χ0n) is 13.4. The van der Waals surface area contributed by atoms with Crippen LogP contribution in [0.3, 0.4) is 0 Å². The summed E-state index contributed by atoms with van der Waals surface area (Å²) in [5.41, 5.74) is -1.41. The van der Waals surface area contributed by atoms with Crippen LogP contribution in [-0.4, -0.2) is 28.1 Å². The van der Waals surface area contributed by atoms with E-state index in [4.69, 9.17) is 16.3 Å². The first-order valence-corrected chi connectivity index (χ1v) is 7.78. The summed E-state index contributed by atoms with van der Waals surface area (Å²) in [5, 5.41) is 2.54. The molecule has 26 heavy (non-hydrogen) atoms. The van der Waals surface area contributed by atoms with Gasteiger partial charge in [0.2, 0.25) is 5.88 Å². The molecule has 2 aromatic heterocycles. The Morgan fingerprint density at radius 3 is 2.54 bits per heavy atom. The Morgan fingerprint density at radius 2 is 1.96 bits per heavy atom. The molecule has 0 aliphatic rings. The average Bonchev–Trinajstić information content (AvgIpc) is 2.56. The smallest absolute Gasteiger partial charge is 0.417 e. The fraction of sp³-hybridized carbons (Fsp3) is 0.400.